The summed E-state index contributed by atoms with van der Waals surface area (Å²) in [6, 6.07) is 22.3. The van der Waals surface area contributed by atoms with Crippen molar-refractivity contribution in [3.05, 3.63) is 84.9 Å². The number of amides is 3. The summed E-state index contributed by atoms with van der Waals surface area (Å²) in [5.74, 6) is -0.438. The lowest BCUT2D eigenvalue weighted by atomic mass is 10.2. The van der Waals surface area contributed by atoms with Gasteiger partial charge in [-0.15, -0.1) is 0 Å². The Kier molecular flexibility index (Phi) is 4.77. The topological polar surface area (TPSA) is 86.8 Å². The Bertz CT molecular complexity index is 1160. The van der Waals surface area contributed by atoms with E-state index in [0.717, 1.165) is 4.31 Å². The lowest BCUT2D eigenvalue weighted by molar-refractivity contribution is -0.114. The molecule has 0 aromatic heterocycles. The molecule has 1 heterocycles. The van der Waals surface area contributed by atoms with Gasteiger partial charge in [-0.25, -0.2) is 13.2 Å². The van der Waals surface area contributed by atoms with Crippen LogP contribution < -0.4 is 14.5 Å². The SMILES string of the molecule is O=C(CN1C(=O)N(c2ccccc2)S(=O)(=O)c2ccccc21)Nc1ccccc1. The van der Waals surface area contributed by atoms with Gasteiger partial charge in [-0.3, -0.25) is 9.69 Å². The summed E-state index contributed by atoms with van der Waals surface area (Å²) < 4.78 is 27.0. The molecule has 0 saturated heterocycles. The molecular formula is C21H17N3O4S. The van der Waals surface area contributed by atoms with Crippen molar-refractivity contribution in [2.75, 3.05) is 21.1 Å². The van der Waals surface area contributed by atoms with Crippen LogP contribution in [-0.4, -0.2) is 26.9 Å². The molecule has 8 heteroatoms. The predicted octanol–water partition coefficient (Wildman–Crippen LogP) is 3.46. The van der Waals surface area contributed by atoms with Crippen molar-refractivity contribution in [1.29, 1.82) is 0 Å². The fourth-order valence-corrected chi connectivity index (χ4v) is 4.74. The van der Waals surface area contributed by atoms with Crippen LogP contribution in [0.3, 0.4) is 0 Å². The largest absolute Gasteiger partial charge is 0.343 e. The Hall–Kier alpha value is -3.65. The number of anilines is 3. The number of fused-ring (bicyclic) bond motifs is 1. The number of nitrogens with one attached hydrogen (secondary N) is 1. The first kappa shape index (κ1) is 18.7. The predicted molar refractivity (Wildman–Crippen MR) is 110 cm³/mol. The second-order valence-electron chi connectivity index (χ2n) is 6.36. The Balaban J connectivity index is 1.73. The standard InChI is InChI=1S/C21H17N3O4S/c25-20(22-16-9-3-1-4-10-16)15-23-18-13-7-8-14-19(18)29(27,28)24(21(23)26)17-11-5-2-6-12-17/h1-14H,15H2,(H,22,25). The fraction of sp³-hybridized carbons (Fsp3) is 0.0476. The van der Waals surface area contributed by atoms with Crippen LogP contribution in [0.25, 0.3) is 0 Å². The number of rotatable bonds is 4. The molecule has 3 aromatic rings. The molecule has 4 rings (SSSR count). The number of para-hydroxylation sites is 3. The van der Waals surface area contributed by atoms with E-state index in [-0.39, 0.29) is 22.8 Å². The van der Waals surface area contributed by atoms with Crippen molar-refractivity contribution in [3.63, 3.8) is 0 Å². The first-order chi connectivity index (χ1) is 14.0. The lowest BCUT2D eigenvalue weighted by Gasteiger charge is -2.35. The number of carbonyl (C=O) groups excluding carboxylic acids is 2. The lowest BCUT2D eigenvalue weighted by Crippen LogP contribution is -2.53. The fourth-order valence-electron chi connectivity index (χ4n) is 3.14. The van der Waals surface area contributed by atoms with E-state index >= 15 is 0 Å². The first-order valence-corrected chi connectivity index (χ1v) is 10.3. The monoisotopic (exact) mass is 407 g/mol. The third kappa shape index (κ3) is 3.45. The average molecular weight is 407 g/mol. The van der Waals surface area contributed by atoms with Gasteiger partial charge in [0.1, 0.15) is 11.4 Å². The maximum Gasteiger partial charge on any atom is 0.343 e. The van der Waals surface area contributed by atoms with Crippen LogP contribution in [0.2, 0.25) is 0 Å². The molecule has 3 amide bonds. The van der Waals surface area contributed by atoms with Crippen molar-refractivity contribution in [2.45, 2.75) is 4.90 Å². The number of carbonyl (C=O) groups is 2. The molecule has 0 atom stereocenters. The van der Waals surface area contributed by atoms with Crippen LogP contribution >= 0.6 is 0 Å². The van der Waals surface area contributed by atoms with Gasteiger partial charge in [-0.2, -0.15) is 4.31 Å². The number of benzene rings is 3. The summed E-state index contributed by atoms with van der Waals surface area (Å²) >= 11 is 0. The maximum atomic E-state index is 13.2. The van der Waals surface area contributed by atoms with Gasteiger partial charge in [0.2, 0.25) is 5.91 Å². The molecule has 0 radical (unpaired) electrons. The number of urea groups is 1. The Morgan fingerprint density at radius 2 is 1.41 bits per heavy atom. The van der Waals surface area contributed by atoms with Gasteiger partial charge >= 0.3 is 6.03 Å². The van der Waals surface area contributed by atoms with Crippen LogP contribution in [0.1, 0.15) is 0 Å². The van der Waals surface area contributed by atoms with Gasteiger partial charge in [0.15, 0.2) is 0 Å². The highest BCUT2D eigenvalue weighted by Gasteiger charge is 2.42. The third-order valence-electron chi connectivity index (χ3n) is 4.43. The Morgan fingerprint density at radius 1 is 0.828 bits per heavy atom. The van der Waals surface area contributed by atoms with Crippen LogP contribution in [-0.2, 0) is 14.8 Å². The quantitative estimate of drug-likeness (QED) is 0.718. The summed E-state index contributed by atoms with van der Waals surface area (Å²) in [6.45, 7) is -0.330. The Morgan fingerprint density at radius 3 is 2.10 bits per heavy atom. The molecule has 146 valence electrons. The van der Waals surface area contributed by atoms with Gasteiger partial charge < -0.3 is 5.32 Å². The second kappa shape index (κ2) is 7.40. The molecule has 29 heavy (non-hydrogen) atoms. The normalized spacial score (nSPS) is 15.0. The molecule has 1 aliphatic heterocycles. The minimum atomic E-state index is -4.10. The zero-order chi connectivity index (χ0) is 20.4. The summed E-state index contributed by atoms with van der Waals surface area (Å²) in [6.07, 6.45) is 0. The van der Waals surface area contributed by atoms with Gasteiger partial charge in [0.05, 0.1) is 11.4 Å². The van der Waals surface area contributed by atoms with E-state index in [2.05, 4.69) is 5.32 Å². The smallest absolute Gasteiger partial charge is 0.325 e. The number of sulfonamides is 1. The van der Waals surface area contributed by atoms with Crippen LogP contribution in [0, 0.1) is 0 Å². The average Bonchev–Trinajstić information content (AvgIpc) is 2.73. The summed E-state index contributed by atoms with van der Waals surface area (Å²) in [4.78, 5) is 26.9. The van der Waals surface area contributed by atoms with E-state index in [1.807, 2.05) is 6.07 Å². The van der Waals surface area contributed by atoms with Crippen molar-refractivity contribution in [1.82, 2.24) is 0 Å². The van der Waals surface area contributed by atoms with Crippen LogP contribution in [0.5, 0.6) is 0 Å². The van der Waals surface area contributed by atoms with Crippen LogP contribution in [0.15, 0.2) is 89.8 Å². The van der Waals surface area contributed by atoms with E-state index in [0.29, 0.717) is 5.69 Å². The first-order valence-electron chi connectivity index (χ1n) is 8.84. The summed E-state index contributed by atoms with van der Waals surface area (Å²) in [5, 5.41) is 2.72. The van der Waals surface area contributed by atoms with Gasteiger partial charge in [-0.1, -0.05) is 48.5 Å². The highest BCUT2D eigenvalue weighted by Crippen LogP contribution is 2.36. The zero-order valence-corrected chi connectivity index (χ0v) is 16.0. The number of hydrogen-bond acceptors (Lipinski definition) is 4. The molecule has 0 aliphatic carbocycles. The summed E-state index contributed by atoms with van der Waals surface area (Å²) in [7, 11) is -4.10. The van der Waals surface area contributed by atoms with E-state index in [9.17, 15) is 18.0 Å². The van der Waals surface area contributed by atoms with Gasteiger partial charge in [0, 0.05) is 5.69 Å². The van der Waals surface area contributed by atoms with Crippen molar-refractivity contribution >= 4 is 39.0 Å². The van der Waals surface area contributed by atoms with E-state index < -0.39 is 22.0 Å². The zero-order valence-electron chi connectivity index (χ0n) is 15.2. The van der Waals surface area contributed by atoms with E-state index in [1.165, 1.54) is 29.2 Å². The van der Waals surface area contributed by atoms with E-state index in [1.54, 1.807) is 54.6 Å². The maximum absolute atomic E-state index is 13.2. The Labute approximate surface area is 168 Å². The highest BCUT2D eigenvalue weighted by atomic mass is 32.2. The minimum Gasteiger partial charge on any atom is -0.325 e. The molecule has 0 bridgehead atoms. The molecule has 0 unspecified atom stereocenters. The van der Waals surface area contributed by atoms with Crippen molar-refractivity contribution in [3.8, 4) is 0 Å². The number of hydrogen-bond donors (Lipinski definition) is 1. The third-order valence-corrected chi connectivity index (χ3v) is 6.18. The molecule has 1 aliphatic rings. The summed E-state index contributed by atoms with van der Waals surface area (Å²) in [5.41, 5.74) is 0.969. The minimum absolute atomic E-state index is 0.0315. The molecule has 0 fully saturated rings. The second-order valence-corrected chi connectivity index (χ2v) is 8.11. The van der Waals surface area contributed by atoms with Crippen molar-refractivity contribution < 1.29 is 18.0 Å². The van der Waals surface area contributed by atoms with Gasteiger partial charge in [-0.05, 0) is 36.4 Å². The molecule has 1 N–H and O–H groups in total. The highest BCUT2D eigenvalue weighted by molar-refractivity contribution is 7.94. The molecule has 0 spiro atoms. The van der Waals surface area contributed by atoms with Gasteiger partial charge in [0.25, 0.3) is 10.0 Å². The van der Waals surface area contributed by atoms with Crippen LogP contribution in [0.4, 0.5) is 21.9 Å². The molecule has 3 aromatic carbocycles. The molecule has 7 nitrogen and oxygen atoms in total. The number of nitrogens with zero attached hydrogens (tertiary/aromatic N) is 2. The molecular weight excluding hydrogens is 390 g/mol. The van der Waals surface area contributed by atoms with Crippen molar-refractivity contribution in [2.24, 2.45) is 0 Å². The molecule has 0 saturated carbocycles. The van der Waals surface area contributed by atoms with E-state index in [4.69, 9.17) is 0 Å².